The fourth-order valence-corrected chi connectivity index (χ4v) is 3.64. The minimum Gasteiger partial charge on any atom is -0.359 e. The summed E-state index contributed by atoms with van der Waals surface area (Å²) in [6.45, 7) is 0.509. The molecule has 4 nitrogen and oxygen atoms in total. The summed E-state index contributed by atoms with van der Waals surface area (Å²) in [5.41, 5.74) is 1.49. The van der Waals surface area contributed by atoms with E-state index in [1.54, 1.807) is 31.3 Å². The van der Waals surface area contributed by atoms with Crippen molar-refractivity contribution in [3.63, 3.8) is 0 Å². The van der Waals surface area contributed by atoms with Crippen LogP contribution < -0.4 is 10.2 Å². The summed E-state index contributed by atoms with van der Waals surface area (Å²) in [5.74, 6) is -0.0888. The predicted octanol–water partition coefficient (Wildman–Crippen LogP) is 4.08. The number of rotatable bonds is 3. The Balaban J connectivity index is 1.86. The normalized spacial score (nSPS) is 19.8. The molecule has 0 aliphatic carbocycles. The lowest BCUT2D eigenvalue weighted by molar-refractivity contribution is -0.137. The molecule has 1 saturated heterocycles. The van der Waals surface area contributed by atoms with Gasteiger partial charge >= 0.3 is 6.18 Å². The Morgan fingerprint density at radius 2 is 1.75 bits per heavy atom. The number of piperidine rings is 1. The molecule has 28 heavy (non-hydrogen) atoms. The topological polar surface area (TPSA) is 56.1 Å². The van der Waals surface area contributed by atoms with Crippen LogP contribution in [0.3, 0.4) is 0 Å². The van der Waals surface area contributed by atoms with E-state index in [4.69, 9.17) is 5.26 Å². The van der Waals surface area contributed by atoms with Crippen molar-refractivity contribution in [3.05, 3.63) is 65.2 Å². The molecule has 0 saturated carbocycles. The standard InChI is InChI=1S/C21H20F3N3O/c1-26-20(28)19-11-6-16(15-4-7-17(8-5-15)21(22,23)24)13-27(19)18-9-2-14(12-25)3-10-18/h2-5,7-10,16,19H,6,11,13H2,1H3,(H,26,28)/t16?,19-/m0/s1. The monoisotopic (exact) mass is 387 g/mol. The van der Waals surface area contributed by atoms with Gasteiger partial charge in [-0.2, -0.15) is 18.4 Å². The van der Waals surface area contributed by atoms with Gasteiger partial charge in [-0.1, -0.05) is 12.1 Å². The maximum atomic E-state index is 12.8. The molecule has 146 valence electrons. The number of amides is 1. The molecule has 0 aromatic heterocycles. The van der Waals surface area contributed by atoms with Crippen LogP contribution in [0.15, 0.2) is 48.5 Å². The molecule has 1 heterocycles. The van der Waals surface area contributed by atoms with Crippen LogP contribution in [0.25, 0.3) is 0 Å². The first kappa shape index (κ1) is 19.7. The third-order valence-electron chi connectivity index (χ3n) is 5.17. The molecule has 1 N–H and O–H groups in total. The number of anilines is 1. The fraction of sp³-hybridized carbons (Fsp3) is 0.333. The van der Waals surface area contributed by atoms with Gasteiger partial charge in [0, 0.05) is 25.2 Å². The van der Waals surface area contributed by atoms with Crippen LogP contribution in [0, 0.1) is 11.3 Å². The van der Waals surface area contributed by atoms with Crippen molar-refractivity contribution in [2.24, 2.45) is 0 Å². The van der Waals surface area contributed by atoms with Crippen molar-refractivity contribution in [3.8, 4) is 6.07 Å². The highest BCUT2D eigenvalue weighted by atomic mass is 19.4. The summed E-state index contributed by atoms with van der Waals surface area (Å²) in [6, 6.07) is 13.9. The second-order valence-electron chi connectivity index (χ2n) is 6.84. The van der Waals surface area contributed by atoms with Gasteiger partial charge in [-0.15, -0.1) is 0 Å². The van der Waals surface area contributed by atoms with E-state index in [1.807, 2.05) is 4.90 Å². The Morgan fingerprint density at radius 3 is 2.29 bits per heavy atom. The fourth-order valence-electron chi connectivity index (χ4n) is 3.64. The SMILES string of the molecule is CNC(=O)[C@@H]1CCC(c2ccc(C(F)(F)F)cc2)CN1c1ccc(C#N)cc1. The van der Waals surface area contributed by atoms with Gasteiger partial charge in [-0.25, -0.2) is 0 Å². The highest BCUT2D eigenvalue weighted by molar-refractivity contribution is 5.85. The summed E-state index contributed by atoms with van der Waals surface area (Å²) in [7, 11) is 1.58. The Labute approximate surface area is 161 Å². The molecule has 3 rings (SSSR count). The average Bonchev–Trinajstić information content (AvgIpc) is 2.72. The molecule has 2 aromatic carbocycles. The smallest absolute Gasteiger partial charge is 0.359 e. The number of likely N-dealkylation sites (N-methyl/N-ethyl adjacent to an activating group) is 1. The van der Waals surface area contributed by atoms with Crippen LogP contribution in [-0.2, 0) is 11.0 Å². The molecule has 1 aliphatic rings. The van der Waals surface area contributed by atoms with Crippen molar-refractivity contribution in [2.45, 2.75) is 31.0 Å². The van der Waals surface area contributed by atoms with Crippen molar-refractivity contribution < 1.29 is 18.0 Å². The predicted molar refractivity (Wildman–Crippen MR) is 99.8 cm³/mol. The average molecular weight is 387 g/mol. The second-order valence-corrected chi connectivity index (χ2v) is 6.84. The third-order valence-corrected chi connectivity index (χ3v) is 5.17. The molecule has 2 atom stereocenters. The van der Waals surface area contributed by atoms with E-state index in [9.17, 15) is 18.0 Å². The van der Waals surface area contributed by atoms with Crippen molar-refractivity contribution in [1.29, 1.82) is 5.26 Å². The van der Waals surface area contributed by atoms with Gasteiger partial charge in [0.1, 0.15) is 6.04 Å². The summed E-state index contributed by atoms with van der Waals surface area (Å²) in [4.78, 5) is 14.3. The quantitative estimate of drug-likeness (QED) is 0.864. The lowest BCUT2D eigenvalue weighted by Crippen LogP contribution is -2.50. The minimum absolute atomic E-state index is 0.0128. The number of alkyl halides is 3. The van der Waals surface area contributed by atoms with E-state index in [0.717, 1.165) is 23.4 Å². The van der Waals surface area contributed by atoms with E-state index in [-0.39, 0.29) is 17.9 Å². The Bertz CT molecular complexity index is 870. The van der Waals surface area contributed by atoms with Crippen molar-refractivity contribution >= 4 is 11.6 Å². The Morgan fingerprint density at radius 1 is 1.11 bits per heavy atom. The molecule has 0 bridgehead atoms. The van der Waals surface area contributed by atoms with Crippen LogP contribution >= 0.6 is 0 Å². The number of benzene rings is 2. The van der Waals surface area contributed by atoms with E-state index in [1.165, 1.54) is 12.1 Å². The Kier molecular flexibility index (Phi) is 5.59. The number of carbonyl (C=O) groups is 1. The van der Waals surface area contributed by atoms with Gasteiger partial charge in [0.2, 0.25) is 5.91 Å². The number of hydrogen-bond acceptors (Lipinski definition) is 3. The van der Waals surface area contributed by atoms with E-state index in [0.29, 0.717) is 24.9 Å². The first-order valence-corrected chi connectivity index (χ1v) is 8.99. The molecule has 1 unspecified atom stereocenters. The molecular formula is C21H20F3N3O. The summed E-state index contributed by atoms with van der Waals surface area (Å²) < 4.78 is 38.4. The number of hydrogen-bond donors (Lipinski definition) is 1. The van der Waals surface area contributed by atoms with Gasteiger partial charge in [0.15, 0.2) is 0 Å². The van der Waals surface area contributed by atoms with Crippen LogP contribution in [0.4, 0.5) is 18.9 Å². The maximum absolute atomic E-state index is 12.8. The number of carbonyl (C=O) groups excluding carboxylic acids is 1. The molecule has 1 fully saturated rings. The van der Waals surface area contributed by atoms with Gasteiger partial charge < -0.3 is 10.2 Å². The summed E-state index contributed by atoms with van der Waals surface area (Å²) in [5, 5.41) is 11.7. The molecule has 7 heteroatoms. The number of halogens is 3. The zero-order chi connectivity index (χ0) is 20.3. The first-order valence-electron chi connectivity index (χ1n) is 8.99. The number of nitrogens with zero attached hydrogens (tertiary/aromatic N) is 2. The lowest BCUT2D eigenvalue weighted by Gasteiger charge is -2.40. The minimum atomic E-state index is -4.36. The van der Waals surface area contributed by atoms with Crippen LogP contribution in [0.2, 0.25) is 0 Å². The highest BCUT2D eigenvalue weighted by Crippen LogP contribution is 2.35. The van der Waals surface area contributed by atoms with Crippen LogP contribution in [0.1, 0.15) is 35.4 Å². The van der Waals surface area contributed by atoms with Crippen LogP contribution in [-0.4, -0.2) is 25.5 Å². The molecule has 0 radical (unpaired) electrons. The van der Waals surface area contributed by atoms with E-state index < -0.39 is 11.7 Å². The summed E-state index contributed by atoms with van der Waals surface area (Å²) >= 11 is 0. The highest BCUT2D eigenvalue weighted by Gasteiger charge is 2.34. The summed E-state index contributed by atoms with van der Waals surface area (Å²) in [6.07, 6.45) is -3.06. The zero-order valence-electron chi connectivity index (χ0n) is 15.3. The largest absolute Gasteiger partial charge is 0.416 e. The number of nitriles is 1. The number of nitrogens with one attached hydrogen (secondary N) is 1. The van der Waals surface area contributed by atoms with Crippen molar-refractivity contribution in [2.75, 3.05) is 18.5 Å². The molecule has 0 spiro atoms. The molecular weight excluding hydrogens is 367 g/mol. The van der Waals surface area contributed by atoms with Crippen LogP contribution in [0.5, 0.6) is 0 Å². The van der Waals surface area contributed by atoms with E-state index >= 15 is 0 Å². The Hall–Kier alpha value is -3.01. The third kappa shape index (κ3) is 4.11. The van der Waals surface area contributed by atoms with Gasteiger partial charge in [-0.05, 0) is 54.8 Å². The molecule has 1 amide bonds. The van der Waals surface area contributed by atoms with Gasteiger partial charge in [0.05, 0.1) is 17.2 Å². The molecule has 2 aromatic rings. The molecule has 1 aliphatic heterocycles. The zero-order valence-corrected chi connectivity index (χ0v) is 15.3. The second kappa shape index (κ2) is 7.93. The van der Waals surface area contributed by atoms with Crippen molar-refractivity contribution in [1.82, 2.24) is 5.32 Å². The lowest BCUT2D eigenvalue weighted by atomic mass is 9.86. The van der Waals surface area contributed by atoms with Gasteiger partial charge in [0.25, 0.3) is 0 Å². The van der Waals surface area contributed by atoms with E-state index in [2.05, 4.69) is 11.4 Å². The van der Waals surface area contributed by atoms with Gasteiger partial charge in [-0.3, -0.25) is 4.79 Å². The maximum Gasteiger partial charge on any atom is 0.416 e. The first-order chi connectivity index (χ1) is 13.3.